The monoisotopic (exact) mass is 224 g/mol. The summed E-state index contributed by atoms with van der Waals surface area (Å²) in [5, 5.41) is 17.7. The lowest BCUT2D eigenvalue weighted by Crippen LogP contribution is -2.06. The maximum Gasteiger partial charge on any atom is 0.307 e. The Bertz CT molecular complexity index is 438. The molecule has 0 saturated heterocycles. The quantitative estimate of drug-likeness (QED) is 0.810. The van der Waals surface area contributed by atoms with E-state index >= 15 is 0 Å². The molecule has 0 aliphatic carbocycles. The number of nitriles is 1. The van der Waals surface area contributed by atoms with Gasteiger partial charge < -0.3 is 10.8 Å². The average Bonchev–Trinajstić information content (AvgIpc) is 2.20. The molecule has 1 aromatic rings. The Morgan fingerprint density at radius 1 is 1.60 bits per heavy atom. The van der Waals surface area contributed by atoms with Crippen LogP contribution in [0.25, 0.3) is 0 Å². The molecular formula is C10H9ClN2O2. The summed E-state index contributed by atoms with van der Waals surface area (Å²) in [6.45, 7) is 0.120. The van der Waals surface area contributed by atoms with Crippen molar-refractivity contribution in [3.05, 3.63) is 33.8 Å². The summed E-state index contributed by atoms with van der Waals surface area (Å²) in [4.78, 5) is 10.5. The third-order valence-electron chi connectivity index (χ3n) is 1.99. The first-order valence-corrected chi connectivity index (χ1v) is 4.60. The molecule has 0 fully saturated rings. The lowest BCUT2D eigenvalue weighted by atomic mass is 10.0. The minimum Gasteiger partial charge on any atom is -0.481 e. The molecule has 78 valence electrons. The van der Waals surface area contributed by atoms with Gasteiger partial charge in [0.05, 0.1) is 23.1 Å². The number of nitrogens with zero attached hydrogens (tertiary/aromatic N) is 1. The number of carboxylic acid groups (broad SMARTS) is 1. The van der Waals surface area contributed by atoms with E-state index in [2.05, 4.69) is 0 Å². The van der Waals surface area contributed by atoms with Gasteiger partial charge in [-0.15, -0.1) is 0 Å². The molecule has 4 nitrogen and oxygen atoms in total. The predicted octanol–water partition coefficient (Wildman–Crippen LogP) is 1.30. The Kier molecular flexibility index (Phi) is 3.67. The van der Waals surface area contributed by atoms with Crippen LogP contribution in [0.4, 0.5) is 0 Å². The van der Waals surface area contributed by atoms with Gasteiger partial charge in [-0.1, -0.05) is 17.7 Å². The van der Waals surface area contributed by atoms with Crippen molar-refractivity contribution in [2.75, 3.05) is 0 Å². The Morgan fingerprint density at radius 3 is 2.73 bits per heavy atom. The molecular weight excluding hydrogens is 216 g/mol. The second kappa shape index (κ2) is 4.78. The highest BCUT2D eigenvalue weighted by Gasteiger charge is 2.12. The molecule has 15 heavy (non-hydrogen) atoms. The molecule has 0 bridgehead atoms. The van der Waals surface area contributed by atoms with E-state index in [0.717, 1.165) is 0 Å². The fraction of sp³-hybridized carbons (Fsp3) is 0.200. The van der Waals surface area contributed by atoms with Crippen LogP contribution < -0.4 is 5.73 Å². The molecule has 0 radical (unpaired) electrons. The fourth-order valence-electron chi connectivity index (χ4n) is 1.27. The molecule has 5 heteroatoms. The van der Waals surface area contributed by atoms with Crippen LogP contribution in [-0.4, -0.2) is 11.1 Å². The number of carbonyl (C=O) groups is 1. The van der Waals surface area contributed by atoms with Crippen molar-refractivity contribution in [1.29, 1.82) is 5.26 Å². The standard InChI is InChI=1S/C10H9ClN2O2/c11-10-6(3-9(14)15)1-2-7(4-12)8(10)5-13/h1-2H,3,5,13H2,(H,14,15). The molecule has 0 aromatic heterocycles. The largest absolute Gasteiger partial charge is 0.481 e. The van der Waals surface area contributed by atoms with Crippen molar-refractivity contribution in [1.82, 2.24) is 0 Å². The molecule has 0 amide bonds. The molecule has 0 aliphatic heterocycles. The molecule has 0 atom stereocenters. The van der Waals surface area contributed by atoms with Gasteiger partial charge in [0.15, 0.2) is 0 Å². The number of halogens is 1. The van der Waals surface area contributed by atoms with Gasteiger partial charge in [0.1, 0.15) is 0 Å². The maximum absolute atomic E-state index is 10.5. The van der Waals surface area contributed by atoms with E-state index in [0.29, 0.717) is 16.7 Å². The highest BCUT2D eigenvalue weighted by Crippen LogP contribution is 2.24. The van der Waals surface area contributed by atoms with E-state index < -0.39 is 5.97 Å². The van der Waals surface area contributed by atoms with Crippen LogP contribution in [0.15, 0.2) is 12.1 Å². The van der Waals surface area contributed by atoms with Crippen LogP contribution in [0.5, 0.6) is 0 Å². The lowest BCUT2D eigenvalue weighted by molar-refractivity contribution is -0.136. The van der Waals surface area contributed by atoms with Gasteiger partial charge >= 0.3 is 5.97 Å². The van der Waals surface area contributed by atoms with Crippen molar-refractivity contribution in [3.63, 3.8) is 0 Å². The van der Waals surface area contributed by atoms with E-state index in [4.69, 9.17) is 27.7 Å². The molecule has 1 rings (SSSR count). The minimum atomic E-state index is -0.968. The number of carboxylic acids is 1. The third-order valence-corrected chi connectivity index (χ3v) is 2.46. The number of benzene rings is 1. The second-order valence-corrected chi connectivity index (χ2v) is 3.33. The van der Waals surface area contributed by atoms with Crippen LogP contribution in [0.1, 0.15) is 16.7 Å². The van der Waals surface area contributed by atoms with Crippen molar-refractivity contribution in [2.45, 2.75) is 13.0 Å². The zero-order valence-electron chi connectivity index (χ0n) is 7.83. The number of aliphatic carboxylic acids is 1. The molecule has 0 spiro atoms. The van der Waals surface area contributed by atoms with Gasteiger partial charge in [0.2, 0.25) is 0 Å². The van der Waals surface area contributed by atoms with Gasteiger partial charge in [-0.3, -0.25) is 4.79 Å². The summed E-state index contributed by atoms with van der Waals surface area (Å²) in [5.41, 5.74) is 6.80. The molecule has 3 N–H and O–H groups in total. The van der Waals surface area contributed by atoms with Crippen LogP contribution in [0.2, 0.25) is 5.02 Å². The summed E-state index contributed by atoms with van der Waals surface area (Å²) < 4.78 is 0. The summed E-state index contributed by atoms with van der Waals surface area (Å²) in [7, 11) is 0. The fourth-order valence-corrected chi connectivity index (χ4v) is 1.58. The van der Waals surface area contributed by atoms with Crippen molar-refractivity contribution >= 4 is 17.6 Å². The number of rotatable bonds is 3. The van der Waals surface area contributed by atoms with Crippen molar-refractivity contribution < 1.29 is 9.90 Å². The van der Waals surface area contributed by atoms with Crippen LogP contribution in [-0.2, 0) is 17.8 Å². The van der Waals surface area contributed by atoms with Crippen LogP contribution in [0, 0.1) is 11.3 Å². The highest BCUT2D eigenvalue weighted by atomic mass is 35.5. The van der Waals surface area contributed by atoms with E-state index in [1.54, 1.807) is 0 Å². The van der Waals surface area contributed by atoms with Gasteiger partial charge in [-0.2, -0.15) is 5.26 Å². The first-order chi connectivity index (χ1) is 7.10. The minimum absolute atomic E-state index is 0.120. The lowest BCUT2D eigenvalue weighted by Gasteiger charge is -2.07. The smallest absolute Gasteiger partial charge is 0.307 e. The van der Waals surface area contributed by atoms with Gasteiger partial charge in [0.25, 0.3) is 0 Å². The third kappa shape index (κ3) is 2.46. The topological polar surface area (TPSA) is 87.1 Å². The average molecular weight is 225 g/mol. The highest BCUT2D eigenvalue weighted by molar-refractivity contribution is 6.32. The Balaban J connectivity index is 3.24. The van der Waals surface area contributed by atoms with Gasteiger partial charge in [-0.25, -0.2) is 0 Å². The predicted molar refractivity (Wildman–Crippen MR) is 55.4 cm³/mol. The summed E-state index contributed by atoms with van der Waals surface area (Å²) >= 11 is 5.94. The van der Waals surface area contributed by atoms with Crippen molar-refractivity contribution in [2.24, 2.45) is 5.73 Å². The summed E-state index contributed by atoms with van der Waals surface area (Å²) in [5.74, 6) is -0.968. The number of hydrogen-bond donors (Lipinski definition) is 2. The molecule has 0 saturated carbocycles. The van der Waals surface area contributed by atoms with E-state index in [9.17, 15) is 4.79 Å². The van der Waals surface area contributed by atoms with E-state index in [1.807, 2.05) is 6.07 Å². The van der Waals surface area contributed by atoms with Crippen LogP contribution >= 0.6 is 11.6 Å². The van der Waals surface area contributed by atoms with Crippen LogP contribution in [0.3, 0.4) is 0 Å². The van der Waals surface area contributed by atoms with Crippen molar-refractivity contribution in [3.8, 4) is 6.07 Å². The number of nitrogens with two attached hydrogens (primary N) is 1. The molecule has 0 aliphatic rings. The second-order valence-electron chi connectivity index (χ2n) is 2.95. The maximum atomic E-state index is 10.5. The normalized spacial score (nSPS) is 9.67. The molecule has 0 unspecified atom stereocenters. The Morgan fingerprint density at radius 2 is 2.27 bits per heavy atom. The SMILES string of the molecule is N#Cc1ccc(CC(=O)O)c(Cl)c1CN. The summed E-state index contributed by atoms with van der Waals surface area (Å²) in [6, 6.07) is 5.03. The number of hydrogen-bond acceptors (Lipinski definition) is 3. The van der Waals surface area contributed by atoms with E-state index in [1.165, 1.54) is 12.1 Å². The molecule has 1 aromatic carbocycles. The summed E-state index contributed by atoms with van der Waals surface area (Å²) in [6.07, 6.45) is -0.169. The van der Waals surface area contributed by atoms with Gasteiger partial charge in [-0.05, 0) is 11.6 Å². The zero-order chi connectivity index (χ0) is 11.4. The van der Waals surface area contributed by atoms with Gasteiger partial charge in [0, 0.05) is 12.1 Å². The first-order valence-electron chi connectivity index (χ1n) is 4.22. The molecule has 0 heterocycles. The van der Waals surface area contributed by atoms with E-state index in [-0.39, 0.29) is 18.0 Å². The Labute approximate surface area is 91.9 Å². The zero-order valence-corrected chi connectivity index (χ0v) is 8.58. The Hall–Kier alpha value is -1.57. The first kappa shape index (κ1) is 11.5.